The molecule has 0 unspecified atom stereocenters. The third-order valence-corrected chi connectivity index (χ3v) is 10.2. The summed E-state index contributed by atoms with van der Waals surface area (Å²) < 4.78 is 23.5. The molecule has 43 heavy (non-hydrogen) atoms. The second-order valence-corrected chi connectivity index (χ2v) is 14.8. The van der Waals surface area contributed by atoms with Gasteiger partial charge < -0.3 is 14.7 Å². The zero-order valence-electron chi connectivity index (χ0n) is 25.2. The highest BCUT2D eigenvalue weighted by Gasteiger charge is 2.54. The molecule has 0 atom stereocenters. The molecule has 0 bridgehead atoms. The number of para-hydroxylation sites is 2. The Morgan fingerprint density at radius 2 is 1.42 bits per heavy atom. The molecule has 0 saturated carbocycles. The maximum atomic E-state index is 14.2. The van der Waals surface area contributed by atoms with Crippen molar-refractivity contribution in [3.05, 3.63) is 90.0 Å². The van der Waals surface area contributed by atoms with Crippen molar-refractivity contribution in [1.82, 2.24) is 4.90 Å². The summed E-state index contributed by atoms with van der Waals surface area (Å²) in [5.41, 5.74) is 3.48. The third-order valence-electron chi connectivity index (χ3n) is 9.37. The molecule has 3 aliphatic heterocycles. The molecule has 9 heteroatoms. The Morgan fingerprint density at radius 3 is 2.09 bits per heavy atom. The van der Waals surface area contributed by atoms with Crippen LogP contribution < -0.4 is 14.7 Å². The van der Waals surface area contributed by atoms with E-state index in [0.717, 1.165) is 48.7 Å². The standard InChI is InChI=1S/C34H40N4O4S/c1-33(2)29-12-7-8-13-30(29)36(31(33)39)21-9-20-35-22-18-34(19-23-35)32(40)37(25-38(34)28-10-5-4-6-11-28)27-16-14-26(15-17-27)24-43(3,41)42/h4-8,10-17H,9,18-25H2,1-3H3. The van der Waals surface area contributed by atoms with E-state index in [-0.39, 0.29) is 17.6 Å². The van der Waals surface area contributed by atoms with Gasteiger partial charge in [0.05, 0.1) is 17.8 Å². The smallest absolute Gasteiger partial charge is 0.254 e. The number of benzene rings is 3. The molecule has 2 fully saturated rings. The van der Waals surface area contributed by atoms with Crippen molar-refractivity contribution in [3.8, 4) is 0 Å². The lowest BCUT2D eigenvalue weighted by atomic mass is 9.85. The third kappa shape index (κ3) is 5.45. The zero-order valence-corrected chi connectivity index (χ0v) is 26.0. The average Bonchev–Trinajstić information content (AvgIpc) is 3.37. The number of rotatable bonds is 8. The van der Waals surface area contributed by atoms with Gasteiger partial charge in [-0.15, -0.1) is 0 Å². The van der Waals surface area contributed by atoms with Crippen LogP contribution >= 0.6 is 0 Å². The summed E-state index contributed by atoms with van der Waals surface area (Å²) in [7, 11) is -3.14. The van der Waals surface area contributed by atoms with Crippen LogP contribution in [0.15, 0.2) is 78.9 Å². The molecular formula is C34H40N4O4S. The summed E-state index contributed by atoms with van der Waals surface area (Å²) in [6.45, 7) is 7.59. The van der Waals surface area contributed by atoms with Crippen molar-refractivity contribution in [1.29, 1.82) is 0 Å². The lowest BCUT2D eigenvalue weighted by Crippen LogP contribution is -2.56. The second kappa shape index (κ2) is 11.1. The summed E-state index contributed by atoms with van der Waals surface area (Å²) in [4.78, 5) is 35.9. The summed E-state index contributed by atoms with van der Waals surface area (Å²) in [6, 6.07) is 25.5. The highest BCUT2D eigenvalue weighted by Crippen LogP contribution is 2.43. The van der Waals surface area contributed by atoms with Crippen LogP contribution in [0.4, 0.5) is 17.1 Å². The van der Waals surface area contributed by atoms with Crippen LogP contribution in [0, 0.1) is 0 Å². The van der Waals surface area contributed by atoms with Gasteiger partial charge in [-0.05, 0) is 81.1 Å². The van der Waals surface area contributed by atoms with Crippen LogP contribution in [0.1, 0.15) is 44.2 Å². The molecule has 0 N–H and O–H groups in total. The van der Waals surface area contributed by atoms with Gasteiger partial charge in [0.25, 0.3) is 5.91 Å². The molecule has 8 nitrogen and oxygen atoms in total. The normalized spacial score (nSPS) is 19.8. The average molecular weight is 601 g/mol. The minimum Gasteiger partial charge on any atom is -0.338 e. The molecule has 2 amide bonds. The maximum absolute atomic E-state index is 14.2. The van der Waals surface area contributed by atoms with Crippen molar-refractivity contribution in [2.45, 2.75) is 49.8 Å². The molecule has 0 radical (unpaired) electrons. The number of anilines is 3. The first-order valence-electron chi connectivity index (χ1n) is 15.0. The Bertz CT molecular complexity index is 1610. The minimum absolute atomic E-state index is 0.0205. The van der Waals surface area contributed by atoms with Crippen LogP contribution in [-0.2, 0) is 30.6 Å². The lowest BCUT2D eigenvalue weighted by molar-refractivity contribution is -0.123. The van der Waals surface area contributed by atoms with Gasteiger partial charge in [0.2, 0.25) is 5.91 Å². The van der Waals surface area contributed by atoms with Crippen molar-refractivity contribution in [2.75, 3.05) is 53.8 Å². The molecule has 0 aromatic heterocycles. The molecular weight excluding hydrogens is 560 g/mol. The molecule has 6 rings (SSSR count). The summed E-state index contributed by atoms with van der Waals surface area (Å²) in [5, 5.41) is 0. The van der Waals surface area contributed by atoms with E-state index in [1.807, 2.05) is 72.2 Å². The lowest BCUT2D eigenvalue weighted by Gasteiger charge is -2.43. The zero-order chi connectivity index (χ0) is 30.4. The first kappa shape index (κ1) is 29.4. The second-order valence-electron chi connectivity index (χ2n) is 12.7. The number of hydrogen-bond acceptors (Lipinski definition) is 6. The van der Waals surface area contributed by atoms with Crippen LogP contribution in [0.2, 0.25) is 0 Å². The Kier molecular flexibility index (Phi) is 7.59. The van der Waals surface area contributed by atoms with Gasteiger partial charge in [-0.25, -0.2) is 8.42 Å². The highest BCUT2D eigenvalue weighted by atomic mass is 32.2. The quantitative estimate of drug-likeness (QED) is 0.376. The molecule has 3 aromatic carbocycles. The largest absolute Gasteiger partial charge is 0.338 e. The molecule has 3 heterocycles. The number of carbonyl (C=O) groups is 2. The van der Waals surface area contributed by atoms with Crippen LogP contribution in [0.3, 0.4) is 0 Å². The Morgan fingerprint density at radius 1 is 0.767 bits per heavy atom. The first-order chi connectivity index (χ1) is 20.5. The maximum Gasteiger partial charge on any atom is 0.254 e. The van der Waals surface area contributed by atoms with E-state index in [4.69, 9.17) is 0 Å². The molecule has 3 aromatic rings. The molecule has 3 aliphatic rings. The number of likely N-dealkylation sites (tertiary alicyclic amines) is 1. The fourth-order valence-corrected chi connectivity index (χ4v) is 7.82. The Hall–Kier alpha value is -3.69. The van der Waals surface area contributed by atoms with Gasteiger partial charge in [0.15, 0.2) is 9.84 Å². The van der Waals surface area contributed by atoms with E-state index in [0.29, 0.717) is 31.6 Å². The minimum atomic E-state index is -3.14. The van der Waals surface area contributed by atoms with Gasteiger partial charge in [-0.2, -0.15) is 0 Å². The SMILES string of the molecule is CC1(C)C(=O)N(CCCN2CCC3(CC2)C(=O)N(c2ccc(CS(C)(=O)=O)cc2)CN3c2ccccc2)c2ccccc21. The predicted molar refractivity (Wildman–Crippen MR) is 171 cm³/mol. The number of hydrogen-bond donors (Lipinski definition) is 0. The monoisotopic (exact) mass is 600 g/mol. The van der Waals surface area contributed by atoms with Gasteiger partial charge >= 0.3 is 0 Å². The fraction of sp³-hybridized carbons (Fsp3) is 0.412. The van der Waals surface area contributed by atoms with Gasteiger partial charge in [-0.1, -0.05) is 48.5 Å². The van der Waals surface area contributed by atoms with Gasteiger partial charge in [0.1, 0.15) is 5.54 Å². The number of amides is 2. The fourth-order valence-electron chi connectivity index (χ4n) is 7.02. The van der Waals surface area contributed by atoms with Crippen molar-refractivity contribution in [3.63, 3.8) is 0 Å². The van der Waals surface area contributed by atoms with Gasteiger partial charge in [-0.3, -0.25) is 14.5 Å². The molecule has 0 aliphatic carbocycles. The summed E-state index contributed by atoms with van der Waals surface area (Å²) in [5.74, 6) is 0.229. The topological polar surface area (TPSA) is 81.2 Å². The number of piperidine rings is 1. The van der Waals surface area contributed by atoms with E-state index in [1.165, 1.54) is 6.26 Å². The summed E-state index contributed by atoms with van der Waals surface area (Å²) in [6.07, 6.45) is 3.51. The summed E-state index contributed by atoms with van der Waals surface area (Å²) >= 11 is 0. The number of fused-ring (bicyclic) bond motifs is 1. The molecule has 2 saturated heterocycles. The number of carbonyl (C=O) groups excluding carboxylic acids is 2. The molecule has 1 spiro atoms. The van der Waals surface area contributed by atoms with Crippen molar-refractivity contribution < 1.29 is 18.0 Å². The molecule has 226 valence electrons. The Balaban J connectivity index is 1.14. The Labute approximate surface area is 254 Å². The first-order valence-corrected chi connectivity index (χ1v) is 17.1. The number of sulfone groups is 1. The van der Waals surface area contributed by atoms with E-state index in [9.17, 15) is 18.0 Å². The van der Waals surface area contributed by atoms with Crippen LogP contribution in [0.5, 0.6) is 0 Å². The highest BCUT2D eigenvalue weighted by molar-refractivity contribution is 7.89. The van der Waals surface area contributed by atoms with E-state index >= 15 is 0 Å². The van der Waals surface area contributed by atoms with E-state index in [1.54, 1.807) is 12.1 Å². The van der Waals surface area contributed by atoms with Gasteiger partial charge in [0, 0.05) is 43.0 Å². The van der Waals surface area contributed by atoms with Crippen molar-refractivity contribution in [2.24, 2.45) is 0 Å². The van der Waals surface area contributed by atoms with Crippen LogP contribution in [0.25, 0.3) is 0 Å². The van der Waals surface area contributed by atoms with Crippen molar-refractivity contribution >= 4 is 38.7 Å². The van der Waals surface area contributed by atoms with Crippen LogP contribution in [-0.4, -0.2) is 69.8 Å². The van der Waals surface area contributed by atoms with E-state index in [2.05, 4.69) is 28.0 Å². The number of nitrogens with zero attached hydrogens (tertiary/aromatic N) is 4. The van der Waals surface area contributed by atoms with E-state index < -0.39 is 20.8 Å². The predicted octanol–water partition coefficient (Wildman–Crippen LogP) is 4.59.